The molecule has 1 aliphatic heterocycles. The van der Waals surface area contributed by atoms with Gasteiger partial charge in [0.05, 0.1) is 18.6 Å². The van der Waals surface area contributed by atoms with Gasteiger partial charge in [-0.05, 0) is 35.4 Å². The highest BCUT2D eigenvalue weighted by atomic mass is 16.5. The lowest BCUT2D eigenvalue weighted by Gasteiger charge is -2.42. The largest absolute Gasteiger partial charge is 0.399 e. The molecule has 0 saturated carbocycles. The van der Waals surface area contributed by atoms with Crippen molar-refractivity contribution in [2.75, 3.05) is 18.9 Å². The first-order valence-electron chi connectivity index (χ1n) is 5.65. The molecule has 0 spiro atoms. The molecule has 1 aromatic carbocycles. The molecule has 2 N–H and O–H groups in total. The van der Waals surface area contributed by atoms with Gasteiger partial charge >= 0.3 is 0 Å². The molecule has 0 atom stereocenters. The van der Waals surface area contributed by atoms with Crippen LogP contribution in [0.1, 0.15) is 11.1 Å². The van der Waals surface area contributed by atoms with E-state index in [-0.39, 0.29) is 5.41 Å². The van der Waals surface area contributed by atoms with Gasteiger partial charge in [0.15, 0.2) is 0 Å². The van der Waals surface area contributed by atoms with Gasteiger partial charge in [-0.15, -0.1) is 0 Å². The summed E-state index contributed by atoms with van der Waals surface area (Å²) in [6.45, 7) is 1.42. The summed E-state index contributed by atoms with van der Waals surface area (Å²) in [6.07, 6.45) is 3.64. The minimum Gasteiger partial charge on any atom is -0.399 e. The van der Waals surface area contributed by atoms with E-state index in [1.807, 2.05) is 42.7 Å². The Morgan fingerprint density at radius 1 is 1.06 bits per heavy atom. The van der Waals surface area contributed by atoms with Crippen LogP contribution in [0.3, 0.4) is 0 Å². The number of anilines is 1. The van der Waals surface area contributed by atoms with E-state index in [2.05, 4.69) is 11.1 Å². The Labute approximate surface area is 100 Å². The maximum absolute atomic E-state index is 5.86. The van der Waals surface area contributed by atoms with E-state index in [9.17, 15) is 0 Å². The Morgan fingerprint density at radius 3 is 2.41 bits per heavy atom. The van der Waals surface area contributed by atoms with E-state index in [4.69, 9.17) is 10.5 Å². The quantitative estimate of drug-likeness (QED) is 0.796. The number of nitrogen functional groups attached to an aromatic ring is 1. The summed E-state index contributed by atoms with van der Waals surface area (Å²) in [4.78, 5) is 4.06. The van der Waals surface area contributed by atoms with Gasteiger partial charge in [0, 0.05) is 18.1 Å². The number of nitrogens with zero attached hydrogens (tertiary/aromatic N) is 1. The van der Waals surface area contributed by atoms with Crippen molar-refractivity contribution in [3.8, 4) is 0 Å². The number of benzene rings is 1. The average Bonchev–Trinajstić information content (AvgIpc) is 2.29. The van der Waals surface area contributed by atoms with Gasteiger partial charge in [-0.3, -0.25) is 4.98 Å². The lowest BCUT2D eigenvalue weighted by Crippen LogP contribution is -2.47. The van der Waals surface area contributed by atoms with Crippen LogP contribution >= 0.6 is 0 Å². The molecule has 2 aromatic rings. The summed E-state index contributed by atoms with van der Waals surface area (Å²) in [5, 5.41) is 0. The smallest absolute Gasteiger partial charge is 0.0671 e. The van der Waals surface area contributed by atoms with Crippen molar-refractivity contribution in [1.29, 1.82) is 0 Å². The molecule has 3 nitrogen and oxygen atoms in total. The maximum atomic E-state index is 5.86. The van der Waals surface area contributed by atoms with Crippen LogP contribution in [0, 0.1) is 0 Å². The van der Waals surface area contributed by atoms with Crippen molar-refractivity contribution in [2.45, 2.75) is 5.41 Å². The normalized spacial score (nSPS) is 17.4. The molecule has 1 aliphatic rings. The Bertz CT molecular complexity index is 521. The molecule has 1 saturated heterocycles. The number of nitrogens with two attached hydrogens (primary N) is 1. The maximum Gasteiger partial charge on any atom is 0.0671 e. The monoisotopic (exact) mass is 226 g/mol. The molecule has 0 aliphatic carbocycles. The van der Waals surface area contributed by atoms with Crippen molar-refractivity contribution in [3.05, 3.63) is 59.9 Å². The summed E-state index contributed by atoms with van der Waals surface area (Å²) >= 11 is 0. The van der Waals surface area contributed by atoms with Crippen LogP contribution in [0.15, 0.2) is 48.8 Å². The fourth-order valence-electron chi connectivity index (χ4n) is 2.31. The molecule has 86 valence electrons. The Morgan fingerprint density at radius 2 is 1.82 bits per heavy atom. The van der Waals surface area contributed by atoms with E-state index in [0.29, 0.717) is 13.2 Å². The molecule has 0 radical (unpaired) electrons. The third-order valence-electron chi connectivity index (χ3n) is 3.37. The predicted molar refractivity (Wildman–Crippen MR) is 66.7 cm³/mol. The second-order valence-electron chi connectivity index (χ2n) is 4.44. The molecule has 0 bridgehead atoms. The van der Waals surface area contributed by atoms with Crippen LogP contribution in [0.2, 0.25) is 0 Å². The molecule has 2 heterocycles. The zero-order valence-electron chi connectivity index (χ0n) is 9.47. The minimum absolute atomic E-state index is 0.0433. The van der Waals surface area contributed by atoms with Gasteiger partial charge in [0.1, 0.15) is 0 Å². The number of rotatable bonds is 2. The van der Waals surface area contributed by atoms with Crippen molar-refractivity contribution >= 4 is 5.69 Å². The SMILES string of the molecule is Nc1cccc(C2(c3ccncc3)COC2)c1. The predicted octanol–water partition coefficient (Wildman–Crippen LogP) is 1.98. The summed E-state index contributed by atoms with van der Waals surface area (Å²) < 4.78 is 5.43. The molecule has 17 heavy (non-hydrogen) atoms. The van der Waals surface area contributed by atoms with Crippen molar-refractivity contribution in [2.24, 2.45) is 0 Å². The number of aromatic nitrogens is 1. The number of hydrogen-bond donors (Lipinski definition) is 1. The topological polar surface area (TPSA) is 48.1 Å². The molecule has 1 fully saturated rings. The average molecular weight is 226 g/mol. The fraction of sp³-hybridized carbons (Fsp3) is 0.214. The van der Waals surface area contributed by atoms with Gasteiger partial charge in [-0.25, -0.2) is 0 Å². The van der Waals surface area contributed by atoms with Crippen LogP contribution in [0.5, 0.6) is 0 Å². The number of pyridine rings is 1. The molecule has 1 aromatic heterocycles. The molecular weight excluding hydrogens is 212 g/mol. The highest BCUT2D eigenvalue weighted by Crippen LogP contribution is 2.39. The van der Waals surface area contributed by atoms with Gasteiger partial charge in [0.2, 0.25) is 0 Å². The molecule has 3 rings (SSSR count). The minimum atomic E-state index is -0.0433. The van der Waals surface area contributed by atoms with Gasteiger partial charge < -0.3 is 10.5 Å². The lowest BCUT2D eigenvalue weighted by molar-refractivity contribution is -0.0379. The van der Waals surface area contributed by atoms with Crippen molar-refractivity contribution < 1.29 is 4.74 Å². The third kappa shape index (κ3) is 1.59. The van der Waals surface area contributed by atoms with E-state index in [1.54, 1.807) is 0 Å². The molecule has 0 unspecified atom stereocenters. The zero-order chi connectivity index (χ0) is 11.7. The first-order chi connectivity index (χ1) is 8.31. The summed E-state index contributed by atoms with van der Waals surface area (Å²) in [5.74, 6) is 0. The van der Waals surface area contributed by atoms with Crippen molar-refractivity contribution in [1.82, 2.24) is 4.98 Å². The standard InChI is InChI=1S/C14H14N2O/c15-13-3-1-2-12(8-13)14(9-17-10-14)11-4-6-16-7-5-11/h1-8H,9-10,15H2. The Hall–Kier alpha value is -1.87. The molecule has 3 heteroatoms. The van der Waals surface area contributed by atoms with E-state index in [0.717, 1.165) is 5.69 Å². The van der Waals surface area contributed by atoms with Crippen LogP contribution in [0.4, 0.5) is 5.69 Å². The number of hydrogen-bond acceptors (Lipinski definition) is 3. The highest BCUT2D eigenvalue weighted by molar-refractivity contribution is 5.48. The van der Waals surface area contributed by atoms with Crippen LogP contribution in [-0.4, -0.2) is 18.2 Å². The number of ether oxygens (including phenoxy) is 1. The van der Waals surface area contributed by atoms with Crippen LogP contribution in [-0.2, 0) is 10.2 Å². The van der Waals surface area contributed by atoms with Crippen molar-refractivity contribution in [3.63, 3.8) is 0 Å². The molecule has 0 amide bonds. The summed E-state index contributed by atoms with van der Waals surface area (Å²) in [6, 6.07) is 12.1. The highest BCUT2D eigenvalue weighted by Gasteiger charge is 2.41. The van der Waals surface area contributed by atoms with Gasteiger partial charge in [0.25, 0.3) is 0 Å². The second-order valence-corrected chi connectivity index (χ2v) is 4.44. The first kappa shape index (κ1) is 10.3. The summed E-state index contributed by atoms with van der Waals surface area (Å²) in [7, 11) is 0. The van der Waals surface area contributed by atoms with Gasteiger partial charge in [-0.1, -0.05) is 12.1 Å². The zero-order valence-corrected chi connectivity index (χ0v) is 9.47. The third-order valence-corrected chi connectivity index (χ3v) is 3.37. The summed E-state index contributed by atoms with van der Waals surface area (Å²) in [5.41, 5.74) is 9.07. The van der Waals surface area contributed by atoms with Crippen LogP contribution < -0.4 is 5.73 Å². The lowest BCUT2D eigenvalue weighted by atomic mass is 9.73. The fourth-order valence-corrected chi connectivity index (χ4v) is 2.31. The first-order valence-corrected chi connectivity index (χ1v) is 5.65. The molecular formula is C14H14N2O. The van der Waals surface area contributed by atoms with Crippen LogP contribution in [0.25, 0.3) is 0 Å². The van der Waals surface area contributed by atoms with E-state index in [1.165, 1.54) is 11.1 Å². The Balaban J connectivity index is 2.09. The second kappa shape index (κ2) is 3.86. The van der Waals surface area contributed by atoms with Gasteiger partial charge in [-0.2, -0.15) is 0 Å². The van der Waals surface area contributed by atoms with E-state index >= 15 is 0 Å². The Kier molecular flexibility index (Phi) is 2.34. The van der Waals surface area contributed by atoms with E-state index < -0.39 is 0 Å².